The molecule has 0 saturated carbocycles. The highest BCUT2D eigenvalue weighted by Crippen LogP contribution is 1.85. The van der Waals surface area contributed by atoms with Crippen molar-refractivity contribution < 1.29 is 9.90 Å². The van der Waals surface area contributed by atoms with Crippen LogP contribution < -0.4 is 5.32 Å². The van der Waals surface area contributed by atoms with Crippen LogP contribution in [0.2, 0.25) is 0 Å². The predicted molar refractivity (Wildman–Crippen MR) is 44.1 cm³/mol. The van der Waals surface area contributed by atoms with Crippen molar-refractivity contribution in [2.24, 2.45) is 0 Å². The summed E-state index contributed by atoms with van der Waals surface area (Å²) in [6, 6.07) is 0. The van der Waals surface area contributed by atoms with Crippen LogP contribution in [0.5, 0.6) is 0 Å². The number of amides is 1. The van der Waals surface area contributed by atoms with E-state index >= 15 is 0 Å². The molecule has 0 radical (unpaired) electrons. The van der Waals surface area contributed by atoms with Gasteiger partial charge in [-0.15, -0.1) is 6.58 Å². The van der Waals surface area contributed by atoms with Gasteiger partial charge in [-0.3, -0.25) is 4.79 Å². The Morgan fingerprint density at radius 2 is 2.27 bits per heavy atom. The van der Waals surface area contributed by atoms with Crippen molar-refractivity contribution >= 4 is 5.91 Å². The summed E-state index contributed by atoms with van der Waals surface area (Å²) in [4.78, 5) is 10.8. The predicted octanol–water partition coefficient (Wildman–Crippen LogP) is 0.451. The number of aliphatic hydroxyl groups is 1. The lowest BCUT2D eigenvalue weighted by atomic mass is 10.3. The number of hydrogen-bond donors (Lipinski definition) is 2. The molecule has 0 heterocycles. The summed E-state index contributed by atoms with van der Waals surface area (Å²) in [5.41, 5.74) is 0. The number of nitrogens with one attached hydrogen (secondary N) is 1. The van der Waals surface area contributed by atoms with E-state index in [9.17, 15) is 4.79 Å². The summed E-state index contributed by atoms with van der Waals surface area (Å²) >= 11 is 0. The van der Waals surface area contributed by atoms with Crippen molar-refractivity contribution in [1.29, 1.82) is 0 Å². The first-order valence-electron chi connectivity index (χ1n) is 3.79. The van der Waals surface area contributed by atoms with Gasteiger partial charge in [-0.1, -0.05) is 6.08 Å². The first-order valence-corrected chi connectivity index (χ1v) is 3.79. The molecule has 0 saturated heterocycles. The highest BCUT2D eigenvalue weighted by molar-refractivity contribution is 5.77. The van der Waals surface area contributed by atoms with Gasteiger partial charge in [-0.2, -0.15) is 0 Å². The molecule has 0 spiro atoms. The fourth-order valence-electron chi connectivity index (χ4n) is 0.668. The summed E-state index contributed by atoms with van der Waals surface area (Å²) in [6.45, 7) is 4.28. The molecule has 64 valence electrons. The monoisotopic (exact) mass is 157 g/mol. The third-order valence-corrected chi connectivity index (χ3v) is 1.24. The van der Waals surface area contributed by atoms with Gasteiger partial charge in [0.1, 0.15) is 0 Å². The first kappa shape index (κ1) is 10.2. The van der Waals surface area contributed by atoms with Gasteiger partial charge in [0.05, 0.1) is 0 Å². The van der Waals surface area contributed by atoms with Crippen molar-refractivity contribution in [2.45, 2.75) is 19.3 Å². The van der Waals surface area contributed by atoms with Gasteiger partial charge >= 0.3 is 0 Å². The van der Waals surface area contributed by atoms with Crippen molar-refractivity contribution in [1.82, 2.24) is 5.32 Å². The summed E-state index contributed by atoms with van der Waals surface area (Å²) in [6.07, 6.45) is 3.52. The molecule has 0 bridgehead atoms. The molecule has 0 unspecified atom stereocenters. The van der Waals surface area contributed by atoms with Gasteiger partial charge in [0.2, 0.25) is 5.91 Å². The van der Waals surface area contributed by atoms with Crippen molar-refractivity contribution in [3.63, 3.8) is 0 Å². The highest BCUT2D eigenvalue weighted by Gasteiger charge is 1.94. The minimum absolute atomic E-state index is 0.00191. The van der Waals surface area contributed by atoms with Crippen LogP contribution in [0.4, 0.5) is 0 Å². The zero-order valence-electron chi connectivity index (χ0n) is 6.68. The molecule has 3 heteroatoms. The number of carbonyl (C=O) groups excluding carboxylic acids is 1. The SMILES string of the molecule is C=CCC(=O)NCCCCO. The third kappa shape index (κ3) is 7.06. The number of aliphatic hydroxyl groups excluding tert-OH is 1. The average molecular weight is 157 g/mol. The Morgan fingerprint density at radius 1 is 1.55 bits per heavy atom. The van der Waals surface area contributed by atoms with Crippen molar-refractivity contribution in [2.75, 3.05) is 13.2 Å². The van der Waals surface area contributed by atoms with Crippen LogP contribution in [-0.4, -0.2) is 24.2 Å². The molecule has 0 fully saturated rings. The molecule has 0 aromatic heterocycles. The zero-order valence-corrected chi connectivity index (χ0v) is 6.68. The van der Waals surface area contributed by atoms with Crippen LogP contribution in [-0.2, 0) is 4.79 Å². The van der Waals surface area contributed by atoms with Gasteiger partial charge in [0.25, 0.3) is 0 Å². The van der Waals surface area contributed by atoms with Gasteiger partial charge < -0.3 is 10.4 Å². The van der Waals surface area contributed by atoms with Gasteiger partial charge in [-0.25, -0.2) is 0 Å². The van der Waals surface area contributed by atoms with E-state index in [1.54, 1.807) is 6.08 Å². The van der Waals surface area contributed by atoms with E-state index in [4.69, 9.17) is 5.11 Å². The summed E-state index contributed by atoms with van der Waals surface area (Å²) in [5, 5.41) is 11.1. The second-order valence-corrected chi connectivity index (χ2v) is 2.27. The molecular weight excluding hydrogens is 142 g/mol. The largest absolute Gasteiger partial charge is 0.396 e. The van der Waals surface area contributed by atoms with E-state index in [1.165, 1.54) is 0 Å². The Morgan fingerprint density at radius 3 is 2.82 bits per heavy atom. The van der Waals surface area contributed by atoms with E-state index in [-0.39, 0.29) is 12.5 Å². The lowest BCUT2D eigenvalue weighted by Crippen LogP contribution is -2.23. The fraction of sp³-hybridized carbons (Fsp3) is 0.625. The Balaban J connectivity index is 3.10. The van der Waals surface area contributed by atoms with Crippen LogP contribution >= 0.6 is 0 Å². The Kier molecular flexibility index (Phi) is 6.73. The van der Waals surface area contributed by atoms with E-state index in [1.807, 2.05) is 0 Å². The number of hydrogen-bond acceptors (Lipinski definition) is 2. The van der Waals surface area contributed by atoms with Gasteiger partial charge in [-0.05, 0) is 12.8 Å². The quantitative estimate of drug-likeness (QED) is 0.434. The second kappa shape index (κ2) is 7.28. The molecule has 0 aromatic rings. The molecule has 0 aliphatic heterocycles. The molecular formula is C8H15NO2. The molecule has 11 heavy (non-hydrogen) atoms. The van der Waals surface area contributed by atoms with E-state index in [0.29, 0.717) is 13.0 Å². The molecule has 2 N–H and O–H groups in total. The van der Waals surface area contributed by atoms with Crippen LogP contribution in [0.25, 0.3) is 0 Å². The minimum atomic E-state index is -0.00191. The third-order valence-electron chi connectivity index (χ3n) is 1.24. The minimum Gasteiger partial charge on any atom is -0.396 e. The molecule has 0 atom stereocenters. The van der Waals surface area contributed by atoms with Crippen LogP contribution in [0, 0.1) is 0 Å². The average Bonchev–Trinajstić information content (AvgIpc) is 1.99. The molecule has 0 aromatic carbocycles. The smallest absolute Gasteiger partial charge is 0.223 e. The second-order valence-electron chi connectivity index (χ2n) is 2.27. The maximum absolute atomic E-state index is 10.8. The first-order chi connectivity index (χ1) is 5.31. The molecule has 0 rings (SSSR count). The molecule has 0 aliphatic carbocycles. The summed E-state index contributed by atoms with van der Waals surface area (Å²) in [5.74, 6) is -0.00191. The van der Waals surface area contributed by atoms with E-state index in [0.717, 1.165) is 12.8 Å². The van der Waals surface area contributed by atoms with Crippen LogP contribution in [0.3, 0.4) is 0 Å². The lowest BCUT2D eigenvalue weighted by Gasteiger charge is -2.00. The maximum atomic E-state index is 10.8. The van der Waals surface area contributed by atoms with Crippen LogP contribution in [0.1, 0.15) is 19.3 Å². The highest BCUT2D eigenvalue weighted by atomic mass is 16.2. The Hall–Kier alpha value is -0.830. The van der Waals surface area contributed by atoms with Crippen molar-refractivity contribution in [3.05, 3.63) is 12.7 Å². The maximum Gasteiger partial charge on any atom is 0.223 e. The normalized spacial score (nSPS) is 9.18. The van der Waals surface area contributed by atoms with E-state index in [2.05, 4.69) is 11.9 Å². The molecule has 3 nitrogen and oxygen atoms in total. The van der Waals surface area contributed by atoms with Crippen LogP contribution in [0.15, 0.2) is 12.7 Å². The van der Waals surface area contributed by atoms with Gasteiger partial charge in [0.15, 0.2) is 0 Å². The number of unbranched alkanes of at least 4 members (excludes halogenated alkanes) is 1. The molecule has 1 amide bonds. The van der Waals surface area contributed by atoms with E-state index < -0.39 is 0 Å². The summed E-state index contributed by atoms with van der Waals surface area (Å²) < 4.78 is 0. The standard InChI is InChI=1S/C8H15NO2/c1-2-5-8(11)9-6-3-4-7-10/h2,10H,1,3-7H2,(H,9,11). The topological polar surface area (TPSA) is 49.3 Å². The number of carbonyl (C=O) groups is 1. The van der Waals surface area contributed by atoms with Crippen molar-refractivity contribution in [3.8, 4) is 0 Å². The number of rotatable bonds is 6. The zero-order chi connectivity index (χ0) is 8.53. The van der Waals surface area contributed by atoms with Gasteiger partial charge in [0, 0.05) is 19.6 Å². The lowest BCUT2D eigenvalue weighted by molar-refractivity contribution is -0.120. The summed E-state index contributed by atoms with van der Waals surface area (Å²) in [7, 11) is 0. The Bertz CT molecular complexity index is 123. The Labute approximate surface area is 67.1 Å². The fourth-order valence-corrected chi connectivity index (χ4v) is 0.668. The molecule has 0 aliphatic rings.